The number of carbonyl (C=O) groups excluding carboxylic acids is 3. The number of ketones is 1. The SMILES string of the molecule is C=CCOC(=O)c1sc(N2C(=O)C(=O)/C(=C(/O)c3ccc(OC)cc3)C2c2ccc(OCC=C)c(OCC)c2)nc1C. The van der Waals surface area contributed by atoms with Gasteiger partial charge in [-0.2, -0.15) is 0 Å². The molecule has 11 heteroatoms. The number of hydrogen-bond donors (Lipinski definition) is 1. The fourth-order valence-corrected chi connectivity index (χ4v) is 5.34. The highest BCUT2D eigenvalue weighted by molar-refractivity contribution is 7.17. The minimum Gasteiger partial charge on any atom is -0.507 e. The van der Waals surface area contributed by atoms with Crippen molar-refractivity contribution < 1.29 is 38.4 Å². The summed E-state index contributed by atoms with van der Waals surface area (Å²) in [6, 6.07) is 10.3. The number of rotatable bonds is 12. The van der Waals surface area contributed by atoms with Crippen LogP contribution in [-0.4, -0.2) is 54.7 Å². The van der Waals surface area contributed by atoms with Crippen LogP contribution >= 0.6 is 11.3 Å². The number of aryl methyl sites for hydroxylation is 1. The summed E-state index contributed by atoms with van der Waals surface area (Å²) in [5.74, 6) is -1.49. The van der Waals surface area contributed by atoms with Crippen LogP contribution in [-0.2, 0) is 14.3 Å². The van der Waals surface area contributed by atoms with Crippen LogP contribution in [0.3, 0.4) is 0 Å². The number of esters is 1. The second kappa shape index (κ2) is 13.2. The van der Waals surface area contributed by atoms with Crippen molar-refractivity contribution in [3.8, 4) is 17.2 Å². The van der Waals surface area contributed by atoms with Gasteiger partial charge in [0.25, 0.3) is 5.78 Å². The fourth-order valence-electron chi connectivity index (χ4n) is 4.36. The number of ether oxygens (including phenoxy) is 4. The third-order valence-electron chi connectivity index (χ3n) is 6.26. The van der Waals surface area contributed by atoms with Crippen LogP contribution in [0.25, 0.3) is 5.76 Å². The Hall–Kier alpha value is -4.90. The van der Waals surface area contributed by atoms with Gasteiger partial charge in [-0.3, -0.25) is 14.5 Å². The molecule has 42 heavy (non-hydrogen) atoms. The maximum absolute atomic E-state index is 13.6. The molecule has 1 aromatic heterocycles. The van der Waals surface area contributed by atoms with Crippen LogP contribution < -0.4 is 19.1 Å². The minimum absolute atomic E-state index is 0.00163. The normalized spacial score (nSPS) is 15.8. The summed E-state index contributed by atoms with van der Waals surface area (Å²) in [7, 11) is 1.51. The molecule has 0 radical (unpaired) electrons. The Kier molecular flexibility index (Phi) is 9.43. The molecule has 1 fully saturated rings. The molecule has 1 saturated heterocycles. The molecule has 2 heterocycles. The van der Waals surface area contributed by atoms with E-state index in [4.69, 9.17) is 18.9 Å². The van der Waals surface area contributed by atoms with Gasteiger partial charge >= 0.3 is 11.9 Å². The average molecular weight is 591 g/mol. The van der Waals surface area contributed by atoms with Crippen molar-refractivity contribution in [3.63, 3.8) is 0 Å². The summed E-state index contributed by atoms with van der Waals surface area (Å²) in [5, 5.41) is 11.5. The lowest BCUT2D eigenvalue weighted by Gasteiger charge is -2.24. The maximum atomic E-state index is 13.6. The number of aliphatic hydroxyl groups is 1. The summed E-state index contributed by atoms with van der Waals surface area (Å²) in [6.07, 6.45) is 3.03. The van der Waals surface area contributed by atoms with E-state index in [0.717, 1.165) is 11.3 Å². The number of nitrogens with zero attached hydrogens (tertiary/aromatic N) is 2. The van der Waals surface area contributed by atoms with E-state index in [2.05, 4.69) is 18.1 Å². The summed E-state index contributed by atoms with van der Waals surface area (Å²) in [5.41, 5.74) is 0.917. The maximum Gasteiger partial charge on any atom is 0.350 e. The number of hydrogen-bond acceptors (Lipinski definition) is 10. The zero-order valence-corrected chi connectivity index (χ0v) is 24.2. The van der Waals surface area contributed by atoms with Crippen molar-refractivity contribution in [1.82, 2.24) is 4.98 Å². The number of amides is 1. The summed E-state index contributed by atoms with van der Waals surface area (Å²) >= 11 is 0.908. The van der Waals surface area contributed by atoms with Crippen molar-refractivity contribution in [2.24, 2.45) is 0 Å². The molecule has 1 aliphatic rings. The monoisotopic (exact) mass is 590 g/mol. The van der Waals surface area contributed by atoms with Crippen molar-refractivity contribution >= 4 is 39.9 Å². The van der Waals surface area contributed by atoms with Gasteiger partial charge < -0.3 is 24.1 Å². The van der Waals surface area contributed by atoms with Gasteiger partial charge in [-0.1, -0.05) is 42.7 Å². The van der Waals surface area contributed by atoms with E-state index in [-0.39, 0.29) is 34.6 Å². The fraction of sp³-hybridized carbons (Fsp3) is 0.226. The van der Waals surface area contributed by atoms with Crippen LogP contribution in [0.15, 0.2) is 73.3 Å². The largest absolute Gasteiger partial charge is 0.507 e. The smallest absolute Gasteiger partial charge is 0.350 e. The zero-order valence-electron chi connectivity index (χ0n) is 23.4. The first-order valence-electron chi connectivity index (χ1n) is 13.0. The summed E-state index contributed by atoms with van der Waals surface area (Å²) in [4.78, 5) is 45.6. The van der Waals surface area contributed by atoms with E-state index >= 15 is 0 Å². The number of carbonyl (C=O) groups is 3. The van der Waals surface area contributed by atoms with E-state index in [1.165, 1.54) is 18.1 Å². The molecular weight excluding hydrogens is 560 g/mol. The lowest BCUT2D eigenvalue weighted by Crippen LogP contribution is -2.29. The molecule has 0 aliphatic carbocycles. The van der Waals surface area contributed by atoms with Gasteiger partial charge in [0.2, 0.25) is 0 Å². The Morgan fingerprint density at radius 2 is 1.79 bits per heavy atom. The molecule has 0 saturated carbocycles. The molecule has 0 spiro atoms. The van der Waals surface area contributed by atoms with Crippen LogP contribution in [0.5, 0.6) is 17.2 Å². The summed E-state index contributed by atoms with van der Waals surface area (Å²) < 4.78 is 21.9. The highest BCUT2D eigenvalue weighted by atomic mass is 32.1. The lowest BCUT2D eigenvalue weighted by atomic mass is 9.95. The first-order chi connectivity index (χ1) is 20.2. The second-order valence-corrected chi connectivity index (χ2v) is 9.91. The molecule has 2 aromatic carbocycles. The Labute approximate surface area is 247 Å². The molecule has 218 valence electrons. The van der Waals surface area contributed by atoms with Crippen molar-refractivity contribution in [2.75, 3.05) is 31.8 Å². The van der Waals surface area contributed by atoms with Crippen molar-refractivity contribution in [2.45, 2.75) is 19.9 Å². The van der Waals surface area contributed by atoms with Crippen LogP contribution in [0.4, 0.5) is 5.13 Å². The van der Waals surface area contributed by atoms with Crippen LogP contribution in [0.2, 0.25) is 0 Å². The Morgan fingerprint density at radius 3 is 2.43 bits per heavy atom. The lowest BCUT2D eigenvalue weighted by molar-refractivity contribution is -0.132. The van der Waals surface area contributed by atoms with E-state index in [1.807, 2.05) is 6.92 Å². The standard InChI is InChI=1S/C31H30N2O8S/c1-6-15-40-22-14-11-20(17-23(22)39-8-3)25-24(26(34)19-9-12-21(38-5)13-10-19)27(35)29(36)33(25)31-32-18(4)28(42-31)30(37)41-16-7-2/h6-7,9-14,17,25,34H,1-2,8,15-16H2,3-5H3/b26-24+. The molecular formula is C31H30N2O8S. The average Bonchev–Trinajstić information content (AvgIpc) is 3.51. The van der Waals surface area contributed by atoms with Gasteiger partial charge in [-0.15, -0.1) is 0 Å². The summed E-state index contributed by atoms with van der Waals surface area (Å²) in [6.45, 7) is 11.2. The van der Waals surface area contributed by atoms with Gasteiger partial charge in [0.05, 0.1) is 31.0 Å². The zero-order chi connectivity index (χ0) is 30.4. The number of benzene rings is 2. The molecule has 1 atom stereocenters. The van der Waals surface area contributed by atoms with Gasteiger partial charge in [0.15, 0.2) is 16.6 Å². The highest BCUT2D eigenvalue weighted by Gasteiger charge is 2.48. The first kappa shape index (κ1) is 30.1. The molecule has 1 aliphatic heterocycles. The van der Waals surface area contributed by atoms with Crippen LogP contribution in [0, 0.1) is 6.92 Å². The number of aliphatic hydroxyl groups excluding tert-OH is 1. The molecule has 0 bridgehead atoms. The minimum atomic E-state index is -1.11. The predicted octanol–water partition coefficient (Wildman–Crippen LogP) is 5.39. The van der Waals surface area contributed by atoms with E-state index in [0.29, 0.717) is 40.7 Å². The Balaban J connectivity index is 1.91. The van der Waals surface area contributed by atoms with Gasteiger partial charge in [-0.25, -0.2) is 9.78 Å². The topological polar surface area (TPSA) is 124 Å². The molecule has 1 amide bonds. The van der Waals surface area contributed by atoms with E-state index in [9.17, 15) is 19.5 Å². The number of thiazole rings is 1. The predicted molar refractivity (Wildman–Crippen MR) is 158 cm³/mol. The molecule has 3 aromatic rings. The molecule has 4 rings (SSSR count). The van der Waals surface area contributed by atoms with E-state index < -0.39 is 23.7 Å². The van der Waals surface area contributed by atoms with Gasteiger partial charge in [-0.05, 0) is 55.8 Å². The third kappa shape index (κ3) is 5.91. The number of methoxy groups -OCH3 is 1. The van der Waals surface area contributed by atoms with Crippen LogP contribution in [0.1, 0.15) is 39.5 Å². The number of anilines is 1. The van der Waals surface area contributed by atoms with Gasteiger partial charge in [0.1, 0.15) is 29.6 Å². The van der Waals surface area contributed by atoms with Gasteiger partial charge in [0, 0.05) is 5.56 Å². The third-order valence-corrected chi connectivity index (χ3v) is 7.39. The molecule has 10 nitrogen and oxygen atoms in total. The number of aromatic nitrogens is 1. The highest BCUT2D eigenvalue weighted by Crippen LogP contribution is 2.45. The second-order valence-electron chi connectivity index (χ2n) is 8.93. The molecule has 1 N–H and O–H groups in total. The number of Topliss-reactive ketones (excluding diaryl/α,β-unsaturated/α-hetero) is 1. The first-order valence-corrected chi connectivity index (χ1v) is 13.8. The van der Waals surface area contributed by atoms with E-state index in [1.54, 1.807) is 55.5 Å². The van der Waals surface area contributed by atoms with Crippen molar-refractivity contribution in [3.05, 3.63) is 95.0 Å². The quantitative estimate of drug-likeness (QED) is 0.0971. The Morgan fingerprint density at radius 1 is 1.07 bits per heavy atom. The van der Waals surface area contributed by atoms with Crippen molar-refractivity contribution in [1.29, 1.82) is 0 Å². The molecule has 1 unspecified atom stereocenters. The Bertz CT molecular complexity index is 1560.